The maximum Gasteiger partial charge on any atom is 0.301 e. The maximum atomic E-state index is 13.5. The van der Waals surface area contributed by atoms with Gasteiger partial charge in [0.1, 0.15) is 11.5 Å². The Hall–Kier alpha value is -3.68. The summed E-state index contributed by atoms with van der Waals surface area (Å²) < 4.78 is 6.61. The first-order valence-electron chi connectivity index (χ1n) is 13.0. The number of fused-ring (bicyclic) bond motifs is 1. The highest BCUT2D eigenvalue weighted by Crippen LogP contribution is 2.45. The predicted octanol–water partition coefficient (Wildman–Crippen LogP) is 7.88. The van der Waals surface area contributed by atoms with Crippen molar-refractivity contribution in [2.24, 2.45) is 0 Å². The quantitative estimate of drug-likeness (QED) is 0.103. The number of nitrogens with zero attached hydrogens (tertiary/aromatic N) is 2. The van der Waals surface area contributed by atoms with Crippen LogP contribution in [0.3, 0.4) is 0 Å². The Kier molecular flexibility index (Phi) is 7.73. The minimum Gasteiger partial charge on any atom is -0.507 e. The smallest absolute Gasteiger partial charge is 0.301 e. The summed E-state index contributed by atoms with van der Waals surface area (Å²) in [4.78, 5) is 33.1. The van der Waals surface area contributed by atoms with E-state index in [1.807, 2.05) is 24.3 Å². The molecule has 39 heavy (non-hydrogen) atoms. The molecule has 1 saturated heterocycles. The molecule has 1 aromatic heterocycles. The van der Waals surface area contributed by atoms with Crippen LogP contribution in [0, 0.1) is 0 Å². The fourth-order valence-corrected chi connectivity index (χ4v) is 5.89. The van der Waals surface area contributed by atoms with Crippen LogP contribution >= 0.6 is 22.9 Å². The lowest BCUT2D eigenvalue weighted by Gasteiger charge is -2.23. The van der Waals surface area contributed by atoms with E-state index in [0.29, 0.717) is 45.1 Å². The zero-order valence-corrected chi connectivity index (χ0v) is 23.6. The molecule has 1 aliphatic rings. The van der Waals surface area contributed by atoms with Crippen LogP contribution in [0.15, 0.2) is 72.3 Å². The first kappa shape index (κ1) is 26.9. The lowest BCUT2D eigenvalue weighted by molar-refractivity contribution is -0.132. The third-order valence-corrected chi connectivity index (χ3v) is 8.04. The molecule has 0 saturated carbocycles. The number of halogens is 1. The van der Waals surface area contributed by atoms with Crippen molar-refractivity contribution in [3.05, 3.63) is 94.0 Å². The summed E-state index contributed by atoms with van der Waals surface area (Å²) in [5.74, 6) is -0.855. The van der Waals surface area contributed by atoms with Gasteiger partial charge in [-0.1, -0.05) is 86.5 Å². The third kappa shape index (κ3) is 5.29. The highest BCUT2D eigenvalue weighted by molar-refractivity contribution is 7.22. The first-order valence-corrected chi connectivity index (χ1v) is 14.2. The number of aliphatic hydroxyl groups is 1. The maximum absolute atomic E-state index is 13.5. The molecule has 0 bridgehead atoms. The van der Waals surface area contributed by atoms with E-state index in [2.05, 4.69) is 25.8 Å². The Balaban J connectivity index is 1.65. The molecule has 1 N–H and O–H groups in total. The fraction of sp³-hybridized carbons (Fsp3) is 0.258. The fourth-order valence-electron chi connectivity index (χ4n) is 4.62. The normalized spacial score (nSPS) is 16.9. The minimum atomic E-state index is -0.855. The Morgan fingerprint density at radius 1 is 1.10 bits per heavy atom. The standard InChI is InChI=1S/C31H29ClN2O4S/c1-4-5-15-38-23-8-6-7-21(16-23)28(35)26-27(20-11-9-19(10-12-20)18(2)3)34(30(37)29(26)36)31-33-24-14-13-22(32)17-25(24)39-31/h6-14,16-18,27,35H,4-5,15H2,1-3H3/b28-26+. The van der Waals surface area contributed by atoms with Crippen LogP contribution in [-0.4, -0.2) is 28.4 Å². The molecule has 8 heteroatoms. The van der Waals surface area contributed by atoms with Crippen molar-refractivity contribution < 1.29 is 19.4 Å². The number of amides is 1. The molecule has 2 heterocycles. The summed E-state index contributed by atoms with van der Waals surface area (Å²) in [6, 6.07) is 19.2. The van der Waals surface area contributed by atoms with E-state index < -0.39 is 17.7 Å². The number of Topliss-reactive ketones (excluding diaryl/α,β-unsaturated/α-hetero) is 1. The van der Waals surface area contributed by atoms with Gasteiger partial charge in [-0.15, -0.1) is 0 Å². The van der Waals surface area contributed by atoms with Gasteiger partial charge < -0.3 is 9.84 Å². The number of hydrogen-bond acceptors (Lipinski definition) is 6. The molecule has 0 aliphatic carbocycles. The number of aliphatic hydroxyl groups excluding tert-OH is 1. The van der Waals surface area contributed by atoms with Gasteiger partial charge in [-0.3, -0.25) is 14.5 Å². The van der Waals surface area contributed by atoms with Crippen LogP contribution in [0.2, 0.25) is 5.02 Å². The number of carbonyl (C=O) groups excluding carboxylic acids is 2. The average molecular weight is 561 g/mol. The number of aromatic nitrogens is 1. The molecular weight excluding hydrogens is 532 g/mol. The molecule has 5 rings (SSSR count). The van der Waals surface area contributed by atoms with E-state index in [1.54, 1.807) is 42.5 Å². The third-order valence-electron chi connectivity index (χ3n) is 6.78. The molecule has 6 nitrogen and oxygen atoms in total. The molecule has 1 aliphatic heterocycles. The lowest BCUT2D eigenvalue weighted by atomic mass is 9.93. The largest absolute Gasteiger partial charge is 0.507 e. The molecule has 1 atom stereocenters. The highest BCUT2D eigenvalue weighted by atomic mass is 35.5. The van der Waals surface area contributed by atoms with Crippen molar-refractivity contribution in [3.63, 3.8) is 0 Å². The van der Waals surface area contributed by atoms with Gasteiger partial charge >= 0.3 is 5.91 Å². The Bertz CT molecular complexity index is 1580. The van der Waals surface area contributed by atoms with E-state index in [9.17, 15) is 14.7 Å². The summed E-state index contributed by atoms with van der Waals surface area (Å²) in [5.41, 5.74) is 2.92. The summed E-state index contributed by atoms with van der Waals surface area (Å²) >= 11 is 7.46. The van der Waals surface area contributed by atoms with Crippen molar-refractivity contribution >= 4 is 55.7 Å². The first-order chi connectivity index (χ1) is 18.8. The second-order valence-electron chi connectivity index (χ2n) is 9.83. The van der Waals surface area contributed by atoms with Gasteiger partial charge in [0.15, 0.2) is 5.13 Å². The van der Waals surface area contributed by atoms with Crippen LogP contribution in [0.25, 0.3) is 16.0 Å². The van der Waals surface area contributed by atoms with Gasteiger partial charge in [-0.2, -0.15) is 0 Å². The van der Waals surface area contributed by atoms with Crippen LogP contribution in [0.5, 0.6) is 5.75 Å². The van der Waals surface area contributed by atoms with Crippen molar-refractivity contribution in [3.8, 4) is 5.75 Å². The molecule has 1 unspecified atom stereocenters. The number of benzene rings is 3. The Morgan fingerprint density at radius 3 is 2.59 bits per heavy atom. The minimum absolute atomic E-state index is 0.0142. The van der Waals surface area contributed by atoms with Crippen LogP contribution in [0.4, 0.5) is 5.13 Å². The van der Waals surface area contributed by atoms with Crippen LogP contribution < -0.4 is 9.64 Å². The predicted molar refractivity (Wildman–Crippen MR) is 157 cm³/mol. The van der Waals surface area contributed by atoms with E-state index in [4.69, 9.17) is 16.3 Å². The zero-order valence-electron chi connectivity index (χ0n) is 22.0. The van der Waals surface area contributed by atoms with Gasteiger partial charge in [-0.05, 0) is 53.8 Å². The molecule has 0 radical (unpaired) electrons. The number of rotatable bonds is 8. The number of hydrogen-bond donors (Lipinski definition) is 1. The molecule has 3 aromatic carbocycles. The number of ketones is 1. The summed E-state index contributed by atoms with van der Waals surface area (Å²) in [6.45, 7) is 6.83. The number of ether oxygens (including phenoxy) is 1. The summed E-state index contributed by atoms with van der Waals surface area (Å²) in [7, 11) is 0. The van der Waals surface area contributed by atoms with E-state index in [-0.39, 0.29) is 11.3 Å². The Labute approximate surface area is 236 Å². The van der Waals surface area contributed by atoms with E-state index in [0.717, 1.165) is 23.1 Å². The molecular formula is C31H29ClN2O4S. The van der Waals surface area contributed by atoms with Crippen molar-refractivity contribution in [2.75, 3.05) is 11.5 Å². The number of anilines is 1. The van der Waals surface area contributed by atoms with Crippen molar-refractivity contribution in [1.82, 2.24) is 4.98 Å². The highest BCUT2D eigenvalue weighted by Gasteiger charge is 2.48. The molecule has 200 valence electrons. The van der Waals surface area contributed by atoms with Gasteiger partial charge in [0.25, 0.3) is 5.78 Å². The van der Waals surface area contributed by atoms with Crippen molar-refractivity contribution in [1.29, 1.82) is 0 Å². The van der Waals surface area contributed by atoms with Gasteiger partial charge in [0, 0.05) is 10.6 Å². The van der Waals surface area contributed by atoms with Gasteiger partial charge in [0.05, 0.1) is 28.4 Å². The second-order valence-corrected chi connectivity index (χ2v) is 11.3. The zero-order chi connectivity index (χ0) is 27.7. The molecule has 4 aromatic rings. The lowest BCUT2D eigenvalue weighted by Crippen LogP contribution is -2.29. The SMILES string of the molecule is CCCCOc1cccc(/C(O)=C2\C(=O)C(=O)N(c3nc4ccc(Cl)cc4s3)C2c2ccc(C(C)C)cc2)c1. The topological polar surface area (TPSA) is 79.7 Å². The second kappa shape index (κ2) is 11.2. The molecule has 0 spiro atoms. The Morgan fingerprint density at radius 2 is 1.87 bits per heavy atom. The average Bonchev–Trinajstić information content (AvgIpc) is 3.46. The van der Waals surface area contributed by atoms with E-state index in [1.165, 1.54) is 16.2 Å². The van der Waals surface area contributed by atoms with E-state index >= 15 is 0 Å². The monoisotopic (exact) mass is 560 g/mol. The number of carbonyl (C=O) groups is 2. The molecule has 1 fully saturated rings. The van der Waals surface area contributed by atoms with Gasteiger partial charge in [-0.25, -0.2) is 4.98 Å². The van der Waals surface area contributed by atoms with Crippen LogP contribution in [0.1, 0.15) is 62.3 Å². The van der Waals surface area contributed by atoms with Crippen LogP contribution in [-0.2, 0) is 9.59 Å². The molecule has 1 amide bonds. The summed E-state index contributed by atoms with van der Waals surface area (Å²) in [6.07, 6.45) is 1.90. The van der Waals surface area contributed by atoms with Gasteiger partial charge in [0.2, 0.25) is 0 Å². The van der Waals surface area contributed by atoms with Crippen molar-refractivity contribution in [2.45, 2.75) is 45.6 Å². The number of thiazole rings is 1. The summed E-state index contributed by atoms with van der Waals surface area (Å²) in [5, 5.41) is 12.4. The number of unbranched alkanes of at least 4 members (excludes halogenated alkanes) is 1.